The van der Waals surface area contributed by atoms with Crippen LogP contribution in [0.3, 0.4) is 0 Å². The fraction of sp³-hybridized carbons (Fsp3) is 0.273. The van der Waals surface area contributed by atoms with Gasteiger partial charge in [-0.15, -0.1) is 0 Å². The van der Waals surface area contributed by atoms with E-state index in [9.17, 15) is 14.9 Å². The lowest BCUT2D eigenvalue weighted by atomic mass is 10.3. The predicted octanol–water partition coefficient (Wildman–Crippen LogP) is 1.99. The summed E-state index contributed by atoms with van der Waals surface area (Å²) in [6, 6.07) is 1.60. The second-order valence-corrected chi connectivity index (χ2v) is 4.42. The number of hydrogen-bond acceptors (Lipinski definition) is 8. The highest BCUT2D eigenvalue weighted by Gasteiger charge is 2.30. The molecule has 0 bridgehead atoms. The Kier molecular flexibility index (Phi) is 4.51. The molecule has 0 aliphatic rings. The highest BCUT2D eigenvalue weighted by molar-refractivity contribution is 6.28. The van der Waals surface area contributed by atoms with Crippen molar-refractivity contribution in [2.75, 3.05) is 11.9 Å². The zero-order valence-corrected chi connectivity index (χ0v) is 12.3. The molecular formula is C11H11ClN6O4. The molecule has 10 nitrogen and oxygen atoms in total. The van der Waals surface area contributed by atoms with Crippen LogP contribution in [0.25, 0.3) is 0 Å². The van der Waals surface area contributed by atoms with Crippen molar-refractivity contribution in [3.63, 3.8) is 0 Å². The topological polar surface area (TPSA) is 136 Å². The van der Waals surface area contributed by atoms with Gasteiger partial charge in [0.1, 0.15) is 0 Å². The first-order valence-corrected chi connectivity index (χ1v) is 6.48. The van der Waals surface area contributed by atoms with Gasteiger partial charge in [-0.25, -0.2) is 9.78 Å². The summed E-state index contributed by atoms with van der Waals surface area (Å²) in [5.41, 5.74) is -0.430. The minimum Gasteiger partial charge on any atom is -0.461 e. The van der Waals surface area contributed by atoms with Crippen molar-refractivity contribution >= 4 is 34.9 Å². The van der Waals surface area contributed by atoms with Gasteiger partial charge in [-0.3, -0.25) is 15.2 Å². The Labute approximate surface area is 129 Å². The SMILES string of the molecule is CCOC(=O)c1nc(Cl)nc(Nc2cc(C)[nH]n2)c1[N+](=O)[O-]. The van der Waals surface area contributed by atoms with E-state index in [1.807, 2.05) is 0 Å². The number of rotatable bonds is 5. The second-order valence-electron chi connectivity index (χ2n) is 4.08. The normalized spacial score (nSPS) is 10.3. The lowest BCUT2D eigenvalue weighted by Crippen LogP contribution is -2.13. The molecule has 0 aliphatic carbocycles. The number of aryl methyl sites for hydroxylation is 1. The predicted molar refractivity (Wildman–Crippen MR) is 76.3 cm³/mol. The van der Waals surface area contributed by atoms with Crippen LogP contribution in [0.1, 0.15) is 23.1 Å². The van der Waals surface area contributed by atoms with Crippen molar-refractivity contribution < 1.29 is 14.5 Å². The van der Waals surface area contributed by atoms with Gasteiger partial charge in [-0.05, 0) is 25.4 Å². The molecule has 2 N–H and O–H groups in total. The van der Waals surface area contributed by atoms with Crippen LogP contribution in [-0.4, -0.2) is 37.7 Å². The number of H-pyrrole nitrogens is 1. The minimum absolute atomic E-state index is 0.0406. The van der Waals surface area contributed by atoms with Gasteiger partial charge in [-0.1, -0.05) is 0 Å². The summed E-state index contributed by atoms with van der Waals surface area (Å²) in [5, 5.41) is 20.1. The highest BCUT2D eigenvalue weighted by Crippen LogP contribution is 2.29. The molecular weight excluding hydrogens is 316 g/mol. The minimum atomic E-state index is -0.959. The van der Waals surface area contributed by atoms with E-state index in [0.717, 1.165) is 5.69 Å². The van der Waals surface area contributed by atoms with E-state index in [0.29, 0.717) is 0 Å². The van der Waals surface area contributed by atoms with Gasteiger partial charge < -0.3 is 10.1 Å². The molecule has 0 amide bonds. The summed E-state index contributed by atoms with van der Waals surface area (Å²) in [4.78, 5) is 29.6. The van der Waals surface area contributed by atoms with Crippen LogP contribution in [-0.2, 0) is 4.74 Å². The van der Waals surface area contributed by atoms with E-state index in [1.165, 1.54) is 0 Å². The van der Waals surface area contributed by atoms with Crippen molar-refractivity contribution in [2.45, 2.75) is 13.8 Å². The van der Waals surface area contributed by atoms with E-state index in [1.54, 1.807) is 19.9 Å². The number of carbonyl (C=O) groups excluding carboxylic acids is 1. The molecule has 116 valence electrons. The zero-order chi connectivity index (χ0) is 16.3. The summed E-state index contributed by atoms with van der Waals surface area (Å²) >= 11 is 5.72. The van der Waals surface area contributed by atoms with Crippen molar-refractivity contribution in [1.29, 1.82) is 0 Å². The molecule has 2 aromatic rings. The quantitative estimate of drug-likeness (QED) is 0.368. The van der Waals surface area contributed by atoms with Crippen LogP contribution in [0.2, 0.25) is 5.28 Å². The van der Waals surface area contributed by atoms with E-state index in [-0.39, 0.29) is 23.5 Å². The number of aromatic amines is 1. The Balaban J connectivity index is 2.52. The van der Waals surface area contributed by atoms with Gasteiger partial charge in [0.25, 0.3) is 0 Å². The molecule has 2 aromatic heterocycles. The first kappa shape index (κ1) is 15.6. The first-order chi connectivity index (χ1) is 10.4. The number of nitro groups is 1. The second kappa shape index (κ2) is 6.35. The molecule has 2 heterocycles. The van der Waals surface area contributed by atoms with Crippen LogP contribution in [0.5, 0.6) is 0 Å². The van der Waals surface area contributed by atoms with Gasteiger partial charge in [0.05, 0.1) is 11.5 Å². The van der Waals surface area contributed by atoms with Gasteiger partial charge >= 0.3 is 11.7 Å². The summed E-state index contributed by atoms with van der Waals surface area (Å²) < 4.78 is 4.74. The molecule has 0 saturated heterocycles. The smallest absolute Gasteiger partial charge is 0.364 e. The van der Waals surface area contributed by atoms with E-state index in [4.69, 9.17) is 16.3 Å². The summed E-state index contributed by atoms with van der Waals surface area (Å²) in [5.74, 6) is -0.926. The summed E-state index contributed by atoms with van der Waals surface area (Å²) in [6.45, 7) is 3.36. The lowest BCUT2D eigenvalue weighted by Gasteiger charge is -2.07. The van der Waals surface area contributed by atoms with E-state index in [2.05, 4.69) is 25.5 Å². The Hall–Kier alpha value is -2.75. The third-order valence-electron chi connectivity index (χ3n) is 2.46. The Bertz CT molecular complexity index is 731. The highest BCUT2D eigenvalue weighted by atomic mass is 35.5. The van der Waals surface area contributed by atoms with Crippen molar-refractivity contribution in [3.05, 3.63) is 32.9 Å². The van der Waals surface area contributed by atoms with Crippen LogP contribution in [0.15, 0.2) is 6.07 Å². The van der Waals surface area contributed by atoms with Gasteiger partial charge in [0.2, 0.25) is 16.8 Å². The van der Waals surface area contributed by atoms with Gasteiger partial charge in [-0.2, -0.15) is 10.1 Å². The zero-order valence-electron chi connectivity index (χ0n) is 11.6. The van der Waals surface area contributed by atoms with Crippen LogP contribution in [0, 0.1) is 17.0 Å². The van der Waals surface area contributed by atoms with E-state index < -0.39 is 22.3 Å². The monoisotopic (exact) mass is 326 g/mol. The summed E-state index contributed by atoms with van der Waals surface area (Å²) in [7, 11) is 0. The maximum atomic E-state index is 11.8. The average Bonchev–Trinajstić information content (AvgIpc) is 2.83. The Morgan fingerprint density at radius 1 is 1.55 bits per heavy atom. The molecule has 0 radical (unpaired) electrons. The number of hydrogen-bond donors (Lipinski definition) is 2. The molecule has 0 fully saturated rings. The molecule has 0 aliphatic heterocycles. The van der Waals surface area contributed by atoms with Crippen LogP contribution in [0.4, 0.5) is 17.3 Å². The number of nitrogens with zero attached hydrogens (tertiary/aromatic N) is 4. The van der Waals surface area contributed by atoms with Crippen molar-refractivity contribution in [2.24, 2.45) is 0 Å². The lowest BCUT2D eigenvalue weighted by molar-refractivity contribution is -0.384. The molecule has 0 aromatic carbocycles. The Morgan fingerprint density at radius 3 is 2.82 bits per heavy atom. The molecule has 0 atom stereocenters. The number of esters is 1. The number of anilines is 2. The third kappa shape index (κ3) is 3.28. The molecule has 2 rings (SSSR count). The molecule has 0 spiro atoms. The van der Waals surface area contributed by atoms with Crippen LogP contribution < -0.4 is 5.32 Å². The maximum Gasteiger partial charge on any atom is 0.364 e. The maximum absolute atomic E-state index is 11.8. The average molecular weight is 327 g/mol. The van der Waals surface area contributed by atoms with Crippen LogP contribution >= 0.6 is 11.6 Å². The molecule has 22 heavy (non-hydrogen) atoms. The van der Waals surface area contributed by atoms with Crippen molar-refractivity contribution in [1.82, 2.24) is 20.2 Å². The number of carbonyl (C=O) groups is 1. The molecule has 0 unspecified atom stereocenters. The fourth-order valence-electron chi connectivity index (χ4n) is 1.63. The third-order valence-corrected chi connectivity index (χ3v) is 2.63. The number of nitrogens with one attached hydrogen (secondary N) is 2. The van der Waals surface area contributed by atoms with Gasteiger partial charge in [0, 0.05) is 11.8 Å². The van der Waals surface area contributed by atoms with Crippen molar-refractivity contribution in [3.8, 4) is 0 Å². The number of aromatic nitrogens is 4. The number of ether oxygens (including phenoxy) is 1. The molecule has 11 heteroatoms. The fourth-order valence-corrected chi connectivity index (χ4v) is 1.80. The standard InChI is InChI=1S/C11H11ClN6O4/c1-3-22-10(19)7-8(18(20)21)9(15-11(12)14-7)13-6-4-5(2)16-17-6/h4H,3H2,1-2H3,(H2,13,14,15,16,17). The summed E-state index contributed by atoms with van der Waals surface area (Å²) in [6.07, 6.45) is 0. The number of halogens is 1. The Morgan fingerprint density at radius 2 is 2.27 bits per heavy atom. The van der Waals surface area contributed by atoms with E-state index >= 15 is 0 Å². The van der Waals surface area contributed by atoms with Gasteiger partial charge in [0.15, 0.2) is 5.82 Å². The molecule has 0 saturated carbocycles. The first-order valence-electron chi connectivity index (χ1n) is 6.10. The largest absolute Gasteiger partial charge is 0.461 e.